The van der Waals surface area contributed by atoms with Gasteiger partial charge in [-0.25, -0.2) is 4.39 Å². The highest BCUT2D eigenvalue weighted by molar-refractivity contribution is 5.94. The van der Waals surface area contributed by atoms with Gasteiger partial charge in [0.25, 0.3) is 11.8 Å². The molecule has 0 aliphatic carbocycles. The van der Waals surface area contributed by atoms with Crippen LogP contribution in [0.4, 0.5) is 4.39 Å². The zero-order valence-corrected chi connectivity index (χ0v) is 18.0. The monoisotopic (exact) mass is 442 g/mol. The van der Waals surface area contributed by atoms with Gasteiger partial charge in [0.15, 0.2) is 0 Å². The van der Waals surface area contributed by atoms with Gasteiger partial charge in [-0.1, -0.05) is 65.8 Å². The normalized spacial score (nSPS) is 16.6. The van der Waals surface area contributed by atoms with Crippen molar-refractivity contribution in [3.05, 3.63) is 108 Å². The predicted molar refractivity (Wildman–Crippen MR) is 122 cm³/mol. The third-order valence-corrected chi connectivity index (χ3v) is 5.82. The van der Waals surface area contributed by atoms with Gasteiger partial charge in [-0.3, -0.25) is 9.69 Å². The van der Waals surface area contributed by atoms with E-state index in [-0.39, 0.29) is 11.7 Å². The van der Waals surface area contributed by atoms with Crippen molar-refractivity contribution < 1.29 is 13.7 Å². The molecule has 33 heavy (non-hydrogen) atoms. The lowest BCUT2D eigenvalue weighted by Crippen LogP contribution is -2.50. The van der Waals surface area contributed by atoms with Gasteiger partial charge in [0.05, 0.1) is 0 Å². The Kier molecular flexibility index (Phi) is 5.95. The number of halogens is 1. The Labute approximate surface area is 191 Å². The molecule has 1 amide bonds. The van der Waals surface area contributed by atoms with Crippen LogP contribution in [0, 0.1) is 5.82 Å². The fourth-order valence-corrected chi connectivity index (χ4v) is 4.11. The Morgan fingerprint density at radius 3 is 2.36 bits per heavy atom. The van der Waals surface area contributed by atoms with Gasteiger partial charge in [-0.2, -0.15) is 4.98 Å². The lowest BCUT2D eigenvalue weighted by atomic mass is 10.1. The zero-order valence-electron chi connectivity index (χ0n) is 18.0. The number of hydrogen-bond donors (Lipinski definition) is 0. The van der Waals surface area contributed by atoms with E-state index in [1.807, 2.05) is 48.5 Å². The SMILES string of the molecule is O=C(c1ccc(F)cc1)N1CCN(Cc2ccccc2)CC1c1nc(-c2ccccc2)no1. The van der Waals surface area contributed by atoms with Crippen LogP contribution < -0.4 is 0 Å². The molecule has 1 aliphatic rings. The second-order valence-corrected chi connectivity index (χ2v) is 8.06. The maximum absolute atomic E-state index is 13.4. The van der Waals surface area contributed by atoms with E-state index in [1.54, 1.807) is 4.90 Å². The first-order valence-corrected chi connectivity index (χ1v) is 10.9. The van der Waals surface area contributed by atoms with E-state index in [1.165, 1.54) is 29.8 Å². The minimum absolute atomic E-state index is 0.182. The molecule has 0 spiro atoms. The number of carbonyl (C=O) groups is 1. The molecular formula is C26H23FN4O2. The summed E-state index contributed by atoms with van der Waals surface area (Å²) < 4.78 is 19.0. The van der Waals surface area contributed by atoms with Gasteiger partial charge in [0, 0.05) is 37.3 Å². The van der Waals surface area contributed by atoms with Crippen LogP contribution in [0.5, 0.6) is 0 Å². The highest BCUT2D eigenvalue weighted by atomic mass is 19.1. The van der Waals surface area contributed by atoms with Crippen LogP contribution in [0.2, 0.25) is 0 Å². The van der Waals surface area contributed by atoms with Gasteiger partial charge >= 0.3 is 0 Å². The van der Waals surface area contributed by atoms with E-state index in [9.17, 15) is 9.18 Å². The molecule has 1 fully saturated rings. The highest BCUT2D eigenvalue weighted by Gasteiger charge is 2.36. The summed E-state index contributed by atoms with van der Waals surface area (Å²) in [6.07, 6.45) is 0. The second-order valence-electron chi connectivity index (χ2n) is 8.06. The van der Waals surface area contributed by atoms with Crippen LogP contribution in [0.15, 0.2) is 89.5 Å². The molecule has 4 aromatic rings. The predicted octanol–water partition coefficient (Wildman–Crippen LogP) is 4.58. The zero-order chi connectivity index (χ0) is 22.6. The molecule has 1 aromatic heterocycles. The molecule has 1 unspecified atom stereocenters. The van der Waals surface area contributed by atoms with Crippen LogP contribution in [-0.2, 0) is 6.54 Å². The minimum Gasteiger partial charge on any atom is -0.337 e. The van der Waals surface area contributed by atoms with Crippen molar-refractivity contribution >= 4 is 5.91 Å². The van der Waals surface area contributed by atoms with Crippen molar-refractivity contribution in [2.24, 2.45) is 0 Å². The summed E-state index contributed by atoms with van der Waals surface area (Å²) >= 11 is 0. The van der Waals surface area contributed by atoms with Crippen LogP contribution in [0.25, 0.3) is 11.4 Å². The third-order valence-electron chi connectivity index (χ3n) is 5.82. The smallest absolute Gasteiger partial charge is 0.254 e. The lowest BCUT2D eigenvalue weighted by Gasteiger charge is -2.39. The highest BCUT2D eigenvalue weighted by Crippen LogP contribution is 2.29. The van der Waals surface area contributed by atoms with Crippen LogP contribution >= 0.6 is 0 Å². The van der Waals surface area contributed by atoms with Gasteiger partial charge in [0.1, 0.15) is 11.9 Å². The quantitative estimate of drug-likeness (QED) is 0.453. The third kappa shape index (κ3) is 4.68. The van der Waals surface area contributed by atoms with Crippen molar-refractivity contribution in [1.29, 1.82) is 0 Å². The summed E-state index contributed by atoms with van der Waals surface area (Å²) in [5.74, 6) is 0.320. The summed E-state index contributed by atoms with van der Waals surface area (Å²) in [7, 11) is 0. The first-order valence-electron chi connectivity index (χ1n) is 10.9. The molecule has 3 aromatic carbocycles. The molecule has 1 saturated heterocycles. The van der Waals surface area contributed by atoms with E-state index in [0.29, 0.717) is 36.9 Å². The van der Waals surface area contributed by atoms with E-state index in [2.05, 4.69) is 27.2 Å². The number of amides is 1. The topological polar surface area (TPSA) is 62.5 Å². The molecular weight excluding hydrogens is 419 g/mol. The Bertz CT molecular complexity index is 1210. The number of benzene rings is 3. The second kappa shape index (κ2) is 9.34. The largest absolute Gasteiger partial charge is 0.337 e. The Morgan fingerprint density at radius 1 is 0.939 bits per heavy atom. The van der Waals surface area contributed by atoms with E-state index in [0.717, 1.165) is 12.1 Å². The van der Waals surface area contributed by atoms with Gasteiger partial charge < -0.3 is 9.42 Å². The maximum Gasteiger partial charge on any atom is 0.254 e. The summed E-state index contributed by atoms with van der Waals surface area (Å²) in [6, 6.07) is 25.0. The fourth-order valence-electron chi connectivity index (χ4n) is 4.11. The van der Waals surface area contributed by atoms with E-state index >= 15 is 0 Å². The Hall–Kier alpha value is -3.84. The summed E-state index contributed by atoms with van der Waals surface area (Å²) in [4.78, 5) is 22.0. The average Bonchev–Trinajstić information content (AvgIpc) is 3.36. The molecule has 2 heterocycles. The molecule has 0 bridgehead atoms. The van der Waals surface area contributed by atoms with Crippen molar-refractivity contribution in [2.45, 2.75) is 12.6 Å². The molecule has 166 valence electrons. The van der Waals surface area contributed by atoms with Crippen LogP contribution in [0.3, 0.4) is 0 Å². The van der Waals surface area contributed by atoms with Crippen molar-refractivity contribution in [3.8, 4) is 11.4 Å². The Balaban J connectivity index is 1.43. The first kappa shape index (κ1) is 21.0. The minimum atomic E-state index is -0.412. The average molecular weight is 442 g/mol. The number of rotatable bonds is 5. The van der Waals surface area contributed by atoms with Crippen molar-refractivity contribution in [2.75, 3.05) is 19.6 Å². The summed E-state index contributed by atoms with van der Waals surface area (Å²) in [5.41, 5.74) is 2.48. The number of aromatic nitrogens is 2. The summed E-state index contributed by atoms with van der Waals surface area (Å²) in [6.45, 7) is 2.52. The molecule has 5 rings (SSSR count). The molecule has 0 radical (unpaired) electrons. The number of nitrogens with zero attached hydrogens (tertiary/aromatic N) is 4. The maximum atomic E-state index is 13.4. The Morgan fingerprint density at radius 2 is 1.64 bits per heavy atom. The first-order chi connectivity index (χ1) is 16.2. The fraction of sp³-hybridized carbons (Fsp3) is 0.192. The van der Waals surface area contributed by atoms with Gasteiger partial charge in [-0.05, 0) is 29.8 Å². The number of piperazine rings is 1. The number of hydrogen-bond acceptors (Lipinski definition) is 5. The molecule has 1 atom stereocenters. The van der Waals surface area contributed by atoms with Gasteiger partial charge in [-0.15, -0.1) is 0 Å². The van der Waals surface area contributed by atoms with Crippen LogP contribution in [-0.4, -0.2) is 45.5 Å². The standard InChI is InChI=1S/C26H23FN4O2/c27-22-13-11-21(12-14-22)26(32)31-16-15-30(17-19-7-3-1-4-8-19)18-23(31)25-28-24(29-33-25)20-9-5-2-6-10-20/h1-14,23H,15-18H2. The van der Waals surface area contributed by atoms with E-state index < -0.39 is 6.04 Å². The van der Waals surface area contributed by atoms with Gasteiger partial charge in [0.2, 0.25) is 5.82 Å². The lowest BCUT2D eigenvalue weighted by molar-refractivity contribution is 0.0357. The van der Waals surface area contributed by atoms with Crippen molar-refractivity contribution in [3.63, 3.8) is 0 Å². The number of carbonyl (C=O) groups excluding carboxylic acids is 1. The molecule has 7 heteroatoms. The molecule has 0 saturated carbocycles. The van der Waals surface area contributed by atoms with E-state index in [4.69, 9.17) is 4.52 Å². The summed E-state index contributed by atoms with van der Waals surface area (Å²) in [5, 5.41) is 4.16. The van der Waals surface area contributed by atoms with Crippen molar-refractivity contribution in [1.82, 2.24) is 19.9 Å². The molecule has 0 N–H and O–H groups in total. The molecule has 6 nitrogen and oxygen atoms in total. The molecule has 1 aliphatic heterocycles. The van der Waals surface area contributed by atoms with Crippen LogP contribution in [0.1, 0.15) is 27.9 Å².